The molecule has 0 aliphatic rings. The molecule has 0 unspecified atom stereocenters. The van der Waals surface area contributed by atoms with E-state index in [0.717, 1.165) is 26.4 Å². The zero-order valence-corrected chi connectivity index (χ0v) is 11.3. The van der Waals surface area contributed by atoms with E-state index in [1.165, 1.54) is 0 Å². The lowest BCUT2D eigenvalue weighted by Gasteiger charge is -2.07. The Kier molecular flexibility index (Phi) is 3.86. The number of nitrogens with zero attached hydrogens (tertiary/aromatic N) is 2. The molecule has 1 heterocycles. The summed E-state index contributed by atoms with van der Waals surface area (Å²) in [5, 5.41) is 9.04. The number of thioether (sulfide) groups is 1. The molecule has 0 spiro atoms. The third-order valence-corrected chi connectivity index (χ3v) is 4.19. The molecule has 0 bridgehead atoms. The van der Waals surface area contributed by atoms with E-state index in [-0.39, 0.29) is 0 Å². The Morgan fingerprint density at radius 3 is 2.88 bits per heavy atom. The molecule has 1 aromatic heterocycles. The van der Waals surface area contributed by atoms with Crippen LogP contribution in [-0.4, -0.2) is 17.3 Å². The van der Waals surface area contributed by atoms with Crippen LogP contribution in [0.2, 0.25) is 0 Å². The van der Waals surface area contributed by atoms with E-state index in [9.17, 15) is 0 Å². The highest BCUT2D eigenvalue weighted by molar-refractivity contribution is 8.00. The van der Waals surface area contributed by atoms with E-state index in [2.05, 4.69) is 10.2 Å². The predicted octanol–water partition coefficient (Wildman–Crippen LogP) is 2.73. The number of aromatic nitrogens is 2. The second-order valence-electron chi connectivity index (χ2n) is 3.45. The van der Waals surface area contributed by atoms with Crippen LogP contribution in [0.3, 0.4) is 0 Å². The van der Waals surface area contributed by atoms with Crippen LogP contribution in [0.4, 0.5) is 5.69 Å². The monoisotopic (exact) mass is 267 g/mol. The van der Waals surface area contributed by atoms with Crippen LogP contribution in [-0.2, 0) is 5.75 Å². The summed E-state index contributed by atoms with van der Waals surface area (Å²) in [5.41, 5.74) is 7.53. The predicted molar refractivity (Wildman–Crippen MR) is 71.6 cm³/mol. The average molecular weight is 267 g/mol. The Hall–Kier alpha value is -1.27. The zero-order chi connectivity index (χ0) is 12.3. The van der Waals surface area contributed by atoms with Crippen molar-refractivity contribution < 1.29 is 4.74 Å². The van der Waals surface area contributed by atoms with Crippen LogP contribution >= 0.6 is 23.1 Å². The van der Waals surface area contributed by atoms with Gasteiger partial charge >= 0.3 is 0 Å². The highest BCUT2D eigenvalue weighted by atomic mass is 32.2. The quantitative estimate of drug-likeness (QED) is 0.681. The second kappa shape index (κ2) is 5.37. The lowest BCUT2D eigenvalue weighted by Crippen LogP contribution is -1.93. The molecule has 1 aromatic carbocycles. The van der Waals surface area contributed by atoms with Gasteiger partial charge in [-0.25, -0.2) is 0 Å². The third-order valence-electron chi connectivity index (χ3n) is 2.17. The summed E-state index contributed by atoms with van der Waals surface area (Å²) in [6.07, 6.45) is 0. The fraction of sp³-hybridized carbons (Fsp3) is 0.273. The van der Waals surface area contributed by atoms with Gasteiger partial charge in [0.2, 0.25) is 0 Å². The Balaban J connectivity index is 2.08. The molecular formula is C11H13N3OS2. The van der Waals surface area contributed by atoms with Gasteiger partial charge in [-0.2, -0.15) is 0 Å². The first-order valence-corrected chi connectivity index (χ1v) is 6.84. The number of benzene rings is 1. The zero-order valence-electron chi connectivity index (χ0n) is 9.64. The van der Waals surface area contributed by atoms with Gasteiger partial charge in [0.1, 0.15) is 10.8 Å². The standard InChI is InChI=1S/C11H13N3OS2/c1-7-13-14-11(17-7)16-6-8-3-4-9(12)5-10(8)15-2/h3-5H,6,12H2,1-2H3. The van der Waals surface area contributed by atoms with Crippen molar-refractivity contribution in [3.05, 3.63) is 28.8 Å². The van der Waals surface area contributed by atoms with Gasteiger partial charge in [0.15, 0.2) is 4.34 Å². The van der Waals surface area contributed by atoms with E-state index < -0.39 is 0 Å². The molecule has 6 heteroatoms. The van der Waals surface area contributed by atoms with Crippen molar-refractivity contribution in [1.29, 1.82) is 0 Å². The van der Waals surface area contributed by atoms with Gasteiger partial charge in [-0.15, -0.1) is 10.2 Å². The van der Waals surface area contributed by atoms with E-state index in [1.807, 2.05) is 25.1 Å². The Morgan fingerprint density at radius 1 is 1.41 bits per heavy atom. The summed E-state index contributed by atoms with van der Waals surface area (Å²) in [4.78, 5) is 0. The van der Waals surface area contributed by atoms with Gasteiger partial charge < -0.3 is 10.5 Å². The maximum atomic E-state index is 5.71. The number of anilines is 1. The normalized spacial score (nSPS) is 10.5. The summed E-state index contributed by atoms with van der Waals surface area (Å²) >= 11 is 3.25. The summed E-state index contributed by atoms with van der Waals surface area (Å²) < 4.78 is 6.27. The molecule has 2 N–H and O–H groups in total. The van der Waals surface area contributed by atoms with E-state index in [4.69, 9.17) is 10.5 Å². The van der Waals surface area contributed by atoms with Gasteiger partial charge in [0, 0.05) is 23.1 Å². The van der Waals surface area contributed by atoms with Gasteiger partial charge in [0.25, 0.3) is 0 Å². The second-order valence-corrected chi connectivity index (χ2v) is 5.85. The van der Waals surface area contributed by atoms with Gasteiger partial charge in [-0.3, -0.25) is 0 Å². The number of aryl methyl sites for hydroxylation is 1. The van der Waals surface area contributed by atoms with Crippen LogP contribution in [0, 0.1) is 6.92 Å². The van der Waals surface area contributed by atoms with Crippen LogP contribution in [0.15, 0.2) is 22.5 Å². The highest BCUT2D eigenvalue weighted by Crippen LogP contribution is 2.30. The molecule has 0 aliphatic heterocycles. The fourth-order valence-corrected chi connectivity index (χ4v) is 3.16. The van der Waals surface area contributed by atoms with Crippen molar-refractivity contribution in [1.82, 2.24) is 10.2 Å². The van der Waals surface area contributed by atoms with Crippen molar-refractivity contribution in [3.8, 4) is 5.75 Å². The van der Waals surface area contributed by atoms with Crippen molar-refractivity contribution in [2.24, 2.45) is 0 Å². The smallest absolute Gasteiger partial charge is 0.174 e. The average Bonchev–Trinajstić information content (AvgIpc) is 2.73. The maximum absolute atomic E-state index is 5.71. The van der Waals surface area contributed by atoms with E-state index in [1.54, 1.807) is 30.2 Å². The van der Waals surface area contributed by atoms with Gasteiger partial charge in [-0.05, 0) is 13.0 Å². The summed E-state index contributed by atoms with van der Waals surface area (Å²) in [6, 6.07) is 5.69. The summed E-state index contributed by atoms with van der Waals surface area (Å²) in [5.74, 6) is 1.62. The number of nitrogens with two attached hydrogens (primary N) is 1. The van der Waals surface area contributed by atoms with Crippen LogP contribution in [0.5, 0.6) is 5.75 Å². The SMILES string of the molecule is COc1cc(N)ccc1CSc1nnc(C)s1. The minimum Gasteiger partial charge on any atom is -0.496 e. The minimum atomic E-state index is 0.711. The number of hydrogen-bond acceptors (Lipinski definition) is 6. The Morgan fingerprint density at radius 2 is 2.24 bits per heavy atom. The molecule has 0 radical (unpaired) electrons. The van der Waals surface area contributed by atoms with Crippen molar-refractivity contribution in [3.63, 3.8) is 0 Å². The lowest BCUT2D eigenvalue weighted by molar-refractivity contribution is 0.411. The largest absolute Gasteiger partial charge is 0.496 e. The highest BCUT2D eigenvalue weighted by Gasteiger charge is 2.06. The first-order chi connectivity index (χ1) is 8.19. The third kappa shape index (κ3) is 3.10. The molecule has 0 aliphatic carbocycles. The molecule has 17 heavy (non-hydrogen) atoms. The Bertz CT molecular complexity index is 513. The molecular weight excluding hydrogens is 254 g/mol. The molecule has 2 aromatic rings. The summed E-state index contributed by atoms with van der Waals surface area (Å²) in [6.45, 7) is 1.95. The molecule has 0 amide bonds. The first-order valence-electron chi connectivity index (χ1n) is 5.04. The van der Waals surface area contributed by atoms with Gasteiger partial charge in [0.05, 0.1) is 7.11 Å². The summed E-state index contributed by atoms with van der Waals surface area (Å²) in [7, 11) is 1.65. The van der Waals surface area contributed by atoms with E-state index in [0.29, 0.717) is 5.69 Å². The number of nitrogen functional groups attached to an aromatic ring is 1. The number of ether oxygens (including phenoxy) is 1. The number of rotatable bonds is 4. The fourth-order valence-electron chi connectivity index (χ4n) is 1.36. The van der Waals surface area contributed by atoms with E-state index >= 15 is 0 Å². The molecule has 2 rings (SSSR count). The molecule has 0 fully saturated rings. The maximum Gasteiger partial charge on any atom is 0.174 e. The Labute approximate surface area is 108 Å². The van der Waals surface area contributed by atoms with Crippen molar-refractivity contribution in [2.75, 3.05) is 12.8 Å². The minimum absolute atomic E-state index is 0.711. The molecule has 0 saturated heterocycles. The molecule has 4 nitrogen and oxygen atoms in total. The van der Waals surface area contributed by atoms with Crippen LogP contribution in [0.25, 0.3) is 0 Å². The van der Waals surface area contributed by atoms with Crippen LogP contribution < -0.4 is 10.5 Å². The van der Waals surface area contributed by atoms with Crippen LogP contribution in [0.1, 0.15) is 10.6 Å². The topological polar surface area (TPSA) is 61.0 Å². The molecule has 90 valence electrons. The number of hydrogen-bond donors (Lipinski definition) is 1. The van der Waals surface area contributed by atoms with Gasteiger partial charge in [-0.1, -0.05) is 29.2 Å². The first kappa shape index (κ1) is 12.2. The lowest BCUT2D eigenvalue weighted by atomic mass is 10.2. The van der Waals surface area contributed by atoms with Crippen molar-refractivity contribution >= 4 is 28.8 Å². The molecule has 0 atom stereocenters. The number of methoxy groups -OCH3 is 1. The molecule has 0 saturated carbocycles. The van der Waals surface area contributed by atoms with Crippen molar-refractivity contribution in [2.45, 2.75) is 17.0 Å².